The van der Waals surface area contributed by atoms with E-state index in [1.807, 2.05) is 5.38 Å². The van der Waals surface area contributed by atoms with Crippen molar-refractivity contribution in [2.45, 2.75) is 39.5 Å². The van der Waals surface area contributed by atoms with Crippen LogP contribution >= 0.6 is 22.9 Å². The summed E-state index contributed by atoms with van der Waals surface area (Å²) in [5, 5.41) is 2.49. The van der Waals surface area contributed by atoms with E-state index >= 15 is 0 Å². The average Bonchev–Trinajstić information content (AvgIpc) is 2.65. The van der Waals surface area contributed by atoms with Crippen LogP contribution in [0.25, 0.3) is 0 Å². The van der Waals surface area contributed by atoms with Crippen molar-refractivity contribution in [1.29, 1.82) is 0 Å². The molecule has 1 nitrogen and oxygen atoms in total. The highest BCUT2D eigenvalue weighted by atomic mass is 35.5. The minimum absolute atomic E-state index is 0.154. The molecule has 3 heteroatoms. The number of carbonyl (C=O) groups excluding carboxylic acids is 1. The number of ketones is 1. The van der Waals surface area contributed by atoms with E-state index in [4.69, 9.17) is 11.6 Å². The van der Waals surface area contributed by atoms with E-state index in [0.717, 1.165) is 30.6 Å². The molecule has 1 aromatic rings. The largest absolute Gasteiger partial charge is 0.293 e. The van der Waals surface area contributed by atoms with Gasteiger partial charge in [0, 0.05) is 5.92 Å². The molecule has 0 amide bonds. The Morgan fingerprint density at radius 1 is 1.53 bits per heavy atom. The van der Waals surface area contributed by atoms with Crippen molar-refractivity contribution in [2.24, 2.45) is 5.92 Å². The molecule has 0 fully saturated rings. The first-order chi connectivity index (χ1) is 7.20. The fraction of sp³-hybridized carbons (Fsp3) is 0.583. The average molecular weight is 245 g/mol. The number of hydrogen-bond acceptors (Lipinski definition) is 2. The topological polar surface area (TPSA) is 17.1 Å². The highest BCUT2D eigenvalue weighted by molar-refractivity contribution is 7.12. The molecule has 0 N–H and O–H groups in total. The van der Waals surface area contributed by atoms with E-state index in [2.05, 4.69) is 13.8 Å². The standard InChI is InChI=1S/C12H17ClOS/c1-3-5-6-9(4-2)11(14)12-10(13)7-8-15-12/h7-9H,3-6H2,1-2H3. The summed E-state index contributed by atoms with van der Waals surface area (Å²) in [5.74, 6) is 0.382. The Morgan fingerprint density at radius 3 is 2.73 bits per heavy atom. The number of rotatable bonds is 6. The number of hydrogen-bond donors (Lipinski definition) is 0. The SMILES string of the molecule is CCCCC(CC)C(=O)c1sccc1Cl. The van der Waals surface area contributed by atoms with Gasteiger partial charge in [0.15, 0.2) is 5.78 Å². The summed E-state index contributed by atoms with van der Waals surface area (Å²) >= 11 is 7.41. The second kappa shape index (κ2) is 6.29. The Bertz CT molecular complexity index is 319. The maximum Gasteiger partial charge on any atom is 0.177 e. The number of carbonyl (C=O) groups is 1. The zero-order valence-corrected chi connectivity index (χ0v) is 10.8. The Balaban J connectivity index is 2.69. The van der Waals surface area contributed by atoms with E-state index in [1.165, 1.54) is 11.3 Å². The molecule has 1 atom stereocenters. The van der Waals surface area contributed by atoms with E-state index in [0.29, 0.717) is 5.02 Å². The second-order valence-corrected chi connectivity index (χ2v) is 5.03. The molecule has 0 aromatic carbocycles. The zero-order valence-electron chi connectivity index (χ0n) is 9.25. The molecule has 0 aliphatic heterocycles. The Morgan fingerprint density at radius 2 is 2.27 bits per heavy atom. The molecule has 0 saturated heterocycles. The monoisotopic (exact) mass is 244 g/mol. The van der Waals surface area contributed by atoms with Gasteiger partial charge in [0.1, 0.15) is 0 Å². The summed E-state index contributed by atoms with van der Waals surface area (Å²) in [7, 11) is 0. The Hall–Kier alpha value is -0.340. The van der Waals surface area contributed by atoms with Crippen LogP contribution in [0, 0.1) is 5.92 Å². The Kier molecular flexibility index (Phi) is 5.34. The van der Waals surface area contributed by atoms with Gasteiger partial charge in [-0.3, -0.25) is 4.79 Å². The highest BCUT2D eigenvalue weighted by Gasteiger charge is 2.20. The van der Waals surface area contributed by atoms with E-state index in [9.17, 15) is 4.79 Å². The maximum absolute atomic E-state index is 12.1. The van der Waals surface area contributed by atoms with E-state index < -0.39 is 0 Å². The van der Waals surface area contributed by atoms with Gasteiger partial charge in [-0.2, -0.15) is 0 Å². The third kappa shape index (κ3) is 3.32. The van der Waals surface area contributed by atoms with Gasteiger partial charge in [-0.15, -0.1) is 11.3 Å². The van der Waals surface area contributed by atoms with Crippen LogP contribution in [-0.4, -0.2) is 5.78 Å². The van der Waals surface area contributed by atoms with Crippen LogP contribution in [0.5, 0.6) is 0 Å². The molecular formula is C12H17ClOS. The normalized spacial score (nSPS) is 12.7. The first-order valence-corrected chi connectivity index (χ1v) is 6.73. The van der Waals surface area contributed by atoms with Gasteiger partial charge in [0.25, 0.3) is 0 Å². The lowest BCUT2D eigenvalue weighted by molar-refractivity contribution is 0.0912. The van der Waals surface area contributed by atoms with Gasteiger partial charge >= 0.3 is 0 Å². The first-order valence-electron chi connectivity index (χ1n) is 5.47. The molecule has 1 heterocycles. The predicted molar refractivity (Wildman–Crippen MR) is 67.0 cm³/mol. The van der Waals surface area contributed by atoms with Crippen LogP contribution in [0.1, 0.15) is 49.2 Å². The molecule has 0 aliphatic carbocycles. The molecule has 1 unspecified atom stereocenters. The van der Waals surface area contributed by atoms with Gasteiger partial charge in [-0.25, -0.2) is 0 Å². The van der Waals surface area contributed by atoms with Crippen molar-refractivity contribution < 1.29 is 4.79 Å². The second-order valence-electron chi connectivity index (χ2n) is 3.71. The molecule has 0 spiro atoms. The van der Waals surface area contributed by atoms with Gasteiger partial charge in [0.2, 0.25) is 0 Å². The van der Waals surface area contributed by atoms with Crippen LogP contribution in [-0.2, 0) is 0 Å². The number of thiophene rings is 1. The minimum Gasteiger partial charge on any atom is -0.293 e. The molecule has 0 saturated carbocycles. The predicted octanol–water partition coefficient (Wildman–Crippen LogP) is 4.80. The number of Topliss-reactive ketones (excluding diaryl/α,β-unsaturated/α-hetero) is 1. The highest BCUT2D eigenvalue weighted by Crippen LogP contribution is 2.27. The summed E-state index contributed by atoms with van der Waals surface area (Å²) in [6.45, 7) is 4.22. The molecule has 1 aromatic heterocycles. The lowest BCUT2D eigenvalue weighted by Gasteiger charge is -2.11. The third-order valence-electron chi connectivity index (χ3n) is 2.61. The van der Waals surface area contributed by atoms with E-state index in [-0.39, 0.29) is 11.7 Å². The van der Waals surface area contributed by atoms with Crippen LogP contribution in [0.2, 0.25) is 5.02 Å². The van der Waals surface area contributed by atoms with Crippen LogP contribution in [0.3, 0.4) is 0 Å². The van der Waals surface area contributed by atoms with Gasteiger partial charge in [-0.1, -0.05) is 38.3 Å². The summed E-state index contributed by atoms with van der Waals surface area (Å²) < 4.78 is 0. The molecule has 15 heavy (non-hydrogen) atoms. The quantitative estimate of drug-likeness (QED) is 0.657. The molecule has 0 radical (unpaired) electrons. The van der Waals surface area contributed by atoms with Crippen molar-refractivity contribution in [3.8, 4) is 0 Å². The van der Waals surface area contributed by atoms with Crippen molar-refractivity contribution in [2.75, 3.05) is 0 Å². The fourth-order valence-electron chi connectivity index (χ4n) is 1.63. The lowest BCUT2D eigenvalue weighted by Crippen LogP contribution is -2.13. The molecule has 84 valence electrons. The van der Waals surface area contributed by atoms with Crippen LogP contribution in [0.4, 0.5) is 0 Å². The van der Waals surface area contributed by atoms with Gasteiger partial charge < -0.3 is 0 Å². The zero-order chi connectivity index (χ0) is 11.3. The summed E-state index contributed by atoms with van der Waals surface area (Å²) in [6.07, 6.45) is 4.16. The summed E-state index contributed by atoms with van der Waals surface area (Å²) in [6, 6.07) is 1.80. The van der Waals surface area contributed by atoms with Crippen molar-refractivity contribution >= 4 is 28.7 Å². The molecular weight excluding hydrogens is 228 g/mol. The number of halogens is 1. The fourth-order valence-corrected chi connectivity index (χ4v) is 2.79. The van der Waals surface area contributed by atoms with Crippen molar-refractivity contribution in [3.05, 3.63) is 21.3 Å². The summed E-state index contributed by atoms with van der Waals surface area (Å²) in [5.41, 5.74) is 0. The molecule has 0 aliphatic rings. The number of unbranched alkanes of at least 4 members (excludes halogenated alkanes) is 1. The molecule has 0 bridgehead atoms. The van der Waals surface area contributed by atoms with Gasteiger partial charge in [-0.05, 0) is 24.3 Å². The van der Waals surface area contributed by atoms with Crippen LogP contribution in [0.15, 0.2) is 11.4 Å². The van der Waals surface area contributed by atoms with Gasteiger partial charge in [0.05, 0.1) is 9.90 Å². The molecule has 1 rings (SSSR count). The smallest absolute Gasteiger partial charge is 0.177 e. The minimum atomic E-state index is 0.154. The van der Waals surface area contributed by atoms with Crippen molar-refractivity contribution in [3.63, 3.8) is 0 Å². The third-order valence-corrected chi connectivity index (χ3v) is 3.97. The Labute approximate surface area is 100 Å². The van der Waals surface area contributed by atoms with Crippen molar-refractivity contribution in [1.82, 2.24) is 0 Å². The first kappa shape index (κ1) is 12.7. The van der Waals surface area contributed by atoms with Crippen LogP contribution < -0.4 is 0 Å². The summed E-state index contributed by atoms with van der Waals surface area (Å²) in [4.78, 5) is 12.8. The lowest BCUT2D eigenvalue weighted by atomic mass is 9.94. The maximum atomic E-state index is 12.1. The van der Waals surface area contributed by atoms with E-state index in [1.54, 1.807) is 6.07 Å².